The molecule has 9 nitrogen and oxygen atoms in total. The van der Waals surface area contributed by atoms with Gasteiger partial charge in [0.15, 0.2) is 0 Å². The fraction of sp³-hybridized carbons (Fsp3) is 0.417. The van der Waals surface area contributed by atoms with Crippen LogP contribution in [0.5, 0.6) is 5.88 Å². The van der Waals surface area contributed by atoms with Crippen molar-refractivity contribution < 1.29 is 9.84 Å². The molecule has 0 aliphatic carbocycles. The third-order valence-electron chi connectivity index (χ3n) is 5.41. The monoisotopic (exact) mass is 529 g/mol. The van der Waals surface area contributed by atoms with Crippen LogP contribution in [0.1, 0.15) is 40.2 Å². The standard InChI is InChI=1S/C24H32BrN7O2/c1-13(2)17(6)34-22-20(25)12-27-24(32-22)30-19-9-7-18(8-10-19)29-23-26-11-14(3)21(31-23)28-15(4)16(5)33/h7-13,15-17,33H,1-6H3,(H,27,30,32)(H2,26,28,29,31)/t15-,16-,17-/m1/s1. The van der Waals surface area contributed by atoms with Gasteiger partial charge in [0.1, 0.15) is 5.82 Å². The molecular weight excluding hydrogens is 498 g/mol. The molecule has 0 saturated heterocycles. The Balaban J connectivity index is 1.67. The fourth-order valence-corrected chi connectivity index (χ4v) is 2.97. The van der Waals surface area contributed by atoms with E-state index in [4.69, 9.17) is 4.74 Å². The number of aliphatic hydroxyl groups excluding tert-OH is 1. The summed E-state index contributed by atoms with van der Waals surface area (Å²) < 4.78 is 6.65. The predicted molar refractivity (Wildman–Crippen MR) is 139 cm³/mol. The lowest BCUT2D eigenvalue weighted by Gasteiger charge is -2.19. The minimum absolute atomic E-state index is 0.0272. The summed E-state index contributed by atoms with van der Waals surface area (Å²) in [7, 11) is 0. The van der Waals surface area contributed by atoms with Crippen molar-refractivity contribution in [3.63, 3.8) is 0 Å². The molecule has 0 saturated carbocycles. The third kappa shape index (κ3) is 7.01. The SMILES string of the molecule is Cc1cnc(Nc2ccc(Nc3ncc(Br)c(O[C@H](C)C(C)C)n3)cc2)nc1N[C@H](C)[C@@H](C)O. The molecule has 0 bridgehead atoms. The largest absolute Gasteiger partial charge is 0.473 e. The summed E-state index contributed by atoms with van der Waals surface area (Å²) in [5.74, 6) is 2.46. The zero-order valence-electron chi connectivity index (χ0n) is 20.3. The fourth-order valence-electron chi connectivity index (χ4n) is 2.69. The Kier molecular flexibility index (Phi) is 8.62. The smallest absolute Gasteiger partial charge is 0.233 e. The maximum atomic E-state index is 9.75. The molecule has 0 spiro atoms. The van der Waals surface area contributed by atoms with E-state index in [2.05, 4.69) is 65.7 Å². The van der Waals surface area contributed by atoms with Gasteiger partial charge in [0.05, 0.1) is 28.9 Å². The Morgan fingerprint density at radius 2 is 1.44 bits per heavy atom. The Bertz CT molecular complexity index is 1010. The zero-order chi connectivity index (χ0) is 24.8. The van der Waals surface area contributed by atoms with Gasteiger partial charge in [-0.25, -0.2) is 9.97 Å². The van der Waals surface area contributed by atoms with Gasteiger partial charge in [-0.05, 0) is 73.8 Å². The van der Waals surface area contributed by atoms with Crippen LogP contribution in [-0.4, -0.2) is 43.3 Å². The van der Waals surface area contributed by atoms with E-state index in [9.17, 15) is 5.11 Å². The van der Waals surface area contributed by atoms with E-state index >= 15 is 0 Å². The average Bonchev–Trinajstić information content (AvgIpc) is 2.79. The van der Waals surface area contributed by atoms with Crippen LogP contribution in [0.25, 0.3) is 0 Å². The van der Waals surface area contributed by atoms with Crippen LogP contribution in [0.15, 0.2) is 41.1 Å². The number of anilines is 5. The van der Waals surface area contributed by atoms with Gasteiger partial charge in [-0.3, -0.25) is 0 Å². The van der Waals surface area contributed by atoms with Gasteiger partial charge in [0, 0.05) is 23.1 Å². The predicted octanol–water partition coefficient (Wildman–Crippen LogP) is 5.43. The zero-order valence-corrected chi connectivity index (χ0v) is 21.9. The molecule has 0 amide bonds. The second-order valence-electron chi connectivity index (χ2n) is 8.64. The third-order valence-corrected chi connectivity index (χ3v) is 5.95. The van der Waals surface area contributed by atoms with Crippen molar-refractivity contribution in [2.45, 2.75) is 59.8 Å². The van der Waals surface area contributed by atoms with Crippen molar-refractivity contribution in [1.29, 1.82) is 0 Å². The van der Waals surface area contributed by atoms with Crippen LogP contribution in [-0.2, 0) is 0 Å². The molecule has 4 N–H and O–H groups in total. The van der Waals surface area contributed by atoms with E-state index in [0.717, 1.165) is 16.9 Å². The number of aryl methyl sites for hydroxylation is 1. The highest BCUT2D eigenvalue weighted by Gasteiger charge is 2.14. The number of nitrogens with zero attached hydrogens (tertiary/aromatic N) is 4. The number of aromatic nitrogens is 4. The molecule has 0 radical (unpaired) electrons. The number of rotatable bonds is 10. The van der Waals surface area contributed by atoms with Crippen LogP contribution in [0, 0.1) is 12.8 Å². The first kappa shape index (κ1) is 25.6. The number of nitrogens with one attached hydrogen (secondary N) is 3. The molecule has 0 aliphatic rings. The topological polar surface area (TPSA) is 117 Å². The molecule has 3 atom stereocenters. The van der Waals surface area contributed by atoms with E-state index in [1.54, 1.807) is 19.3 Å². The molecule has 3 aromatic rings. The summed E-state index contributed by atoms with van der Waals surface area (Å²) in [5, 5.41) is 19.4. The number of halogens is 1. The van der Waals surface area contributed by atoms with Crippen LogP contribution in [0.2, 0.25) is 0 Å². The lowest BCUT2D eigenvalue weighted by atomic mass is 10.1. The van der Waals surface area contributed by atoms with Crippen molar-refractivity contribution in [2.24, 2.45) is 5.92 Å². The highest BCUT2D eigenvalue weighted by atomic mass is 79.9. The van der Waals surface area contributed by atoms with Crippen LogP contribution in [0.3, 0.4) is 0 Å². The summed E-state index contributed by atoms with van der Waals surface area (Å²) >= 11 is 3.45. The maximum Gasteiger partial charge on any atom is 0.233 e. The minimum Gasteiger partial charge on any atom is -0.473 e. The van der Waals surface area contributed by atoms with Crippen molar-refractivity contribution in [3.8, 4) is 5.88 Å². The number of aliphatic hydroxyl groups is 1. The second-order valence-corrected chi connectivity index (χ2v) is 9.49. The Morgan fingerprint density at radius 1 is 0.882 bits per heavy atom. The van der Waals surface area contributed by atoms with Gasteiger partial charge in [-0.1, -0.05) is 13.8 Å². The molecule has 34 heavy (non-hydrogen) atoms. The molecule has 2 aromatic heterocycles. The number of benzene rings is 1. The van der Waals surface area contributed by atoms with Gasteiger partial charge < -0.3 is 25.8 Å². The molecular formula is C24H32BrN7O2. The summed E-state index contributed by atoms with van der Waals surface area (Å²) in [6, 6.07) is 7.51. The lowest BCUT2D eigenvalue weighted by molar-refractivity contribution is 0.162. The van der Waals surface area contributed by atoms with Crippen LogP contribution >= 0.6 is 15.9 Å². The Labute approximate surface area is 208 Å². The van der Waals surface area contributed by atoms with Gasteiger partial charge in [-0.15, -0.1) is 0 Å². The summed E-state index contributed by atoms with van der Waals surface area (Å²) in [4.78, 5) is 17.7. The van der Waals surface area contributed by atoms with Gasteiger partial charge in [0.25, 0.3) is 0 Å². The summed E-state index contributed by atoms with van der Waals surface area (Å²) in [5.41, 5.74) is 2.56. The number of hydrogen-bond donors (Lipinski definition) is 4. The van der Waals surface area contributed by atoms with Crippen LogP contribution in [0.4, 0.5) is 29.1 Å². The molecule has 182 valence electrons. The van der Waals surface area contributed by atoms with E-state index < -0.39 is 6.10 Å². The van der Waals surface area contributed by atoms with Crippen molar-refractivity contribution in [1.82, 2.24) is 19.9 Å². The first-order valence-electron chi connectivity index (χ1n) is 11.2. The Hall–Kier alpha value is -2.98. The minimum atomic E-state index is -0.498. The molecule has 1 aromatic carbocycles. The summed E-state index contributed by atoms with van der Waals surface area (Å²) in [6.45, 7) is 11.8. The van der Waals surface area contributed by atoms with Crippen LogP contribution < -0.4 is 20.7 Å². The van der Waals surface area contributed by atoms with E-state index in [-0.39, 0.29) is 12.1 Å². The van der Waals surface area contributed by atoms with Gasteiger partial charge in [-0.2, -0.15) is 9.97 Å². The van der Waals surface area contributed by atoms with Gasteiger partial charge in [0.2, 0.25) is 17.8 Å². The second kappa shape index (κ2) is 11.4. The highest BCUT2D eigenvalue weighted by molar-refractivity contribution is 9.10. The van der Waals surface area contributed by atoms with E-state index in [0.29, 0.717) is 34.0 Å². The molecule has 3 rings (SSSR count). The Morgan fingerprint density at radius 3 is 2.00 bits per heavy atom. The molecule has 0 fully saturated rings. The van der Waals surface area contributed by atoms with Crippen molar-refractivity contribution >= 4 is 45.0 Å². The van der Waals surface area contributed by atoms with Gasteiger partial charge >= 0.3 is 0 Å². The molecule has 10 heteroatoms. The maximum absolute atomic E-state index is 9.75. The highest BCUT2D eigenvalue weighted by Crippen LogP contribution is 2.27. The van der Waals surface area contributed by atoms with E-state index in [1.165, 1.54) is 0 Å². The molecule has 0 aliphatic heterocycles. The number of ether oxygens (including phenoxy) is 1. The number of hydrogen-bond acceptors (Lipinski definition) is 9. The normalized spacial score (nSPS) is 13.8. The lowest BCUT2D eigenvalue weighted by Crippen LogP contribution is -2.28. The first-order chi connectivity index (χ1) is 16.1. The van der Waals surface area contributed by atoms with Crippen molar-refractivity contribution in [2.75, 3.05) is 16.0 Å². The average molecular weight is 530 g/mol. The first-order valence-corrected chi connectivity index (χ1v) is 12.0. The quantitative estimate of drug-likeness (QED) is 0.272. The summed E-state index contributed by atoms with van der Waals surface area (Å²) in [6.07, 6.45) is 2.94. The van der Waals surface area contributed by atoms with Crippen molar-refractivity contribution in [3.05, 3.63) is 46.7 Å². The molecule has 2 heterocycles. The molecule has 0 unspecified atom stereocenters. The van der Waals surface area contributed by atoms with E-state index in [1.807, 2.05) is 45.0 Å².